The Kier molecular flexibility index (Phi) is 5.79. The molecule has 3 rings (SSSR count). The SMILES string of the molecule is CC(C)(C)C1C(=O)N(CO[Si](c2ccccc2)c2ccccc2)C1S(C)(=O)=O. The summed E-state index contributed by atoms with van der Waals surface area (Å²) in [5.74, 6) is -0.708. The fourth-order valence-electron chi connectivity index (χ4n) is 3.58. The number of amides is 1. The summed E-state index contributed by atoms with van der Waals surface area (Å²) >= 11 is 0. The highest BCUT2D eigenvalue weighted by Gasteiger charge is 2.57. The van der Waals surface area contributed by atoms with E-state index in [-0.39, 0.29) is 12.6 Å². The lowest BCUT2D eigenvalue weighted by Gasteiger charge is -2.51. The molecule has 1 aliphatic heterocycles. The predicted octanol–water partition coefficient (Wildman–Crippen LogP) is 1.64. The molecule has 0 N–H and O–H groups in total. The summed E-state index contributed by atoms with van der Waals surface area (Å²) in [6.07, 6.45) is 1.19. The van der Waals surface area contributed by atoms with E-state index in [0.717, 1.165) is 10.4 Å². The van der Waals surface area contributed by atoms with Crippen LogP contribution in [0.2, 0.25) is 0 Å². The maximum absolute atomic E-state index is 12.7. The topological polar surface area (TPSA) is 63.7 Å². The maximum Gasteiger partial charge on any atom is 0.284 e. The van der Waals surface area contributed by atoms with Crippen molar-refractivity contribution in [3.05, 3.63) is 60.7 Å². The largest absolute Gasteiger partial charge is 0.389 e. The van der Waals surface area contributed by atoms with E-state index in [1.807, 2.05) is 81.4 Å². The van der Waals surface area contributed by atoms with Gasteiger partial charge < -0.3 is 9.33 Å². The van der Waals surface area contributed by atoms with E-state index in [0.29, 0.717) is 0 Å². The van der Waals surface area contributed by atoms with Gasteiger partial charge in [0, 0.05) is 6.26 Å². The molecule has 2 aromatic rings. The molecule has 1 aliphatic rings. The molecule has 0 saturated carbocycles. The summed E-state index contributed by atoms with van der Waals surface area (Å²) in [7, 11) is -5.02. The van der Waals surface area contributed by atoms with Gasteiger partial charge in [0.1, 0.15) is 12.1 Å². The van der Waals surface area contributed by atoms with E-state index in [4.69, 9.17) is 4.43 Å². The van der Waals surface area contributed by atoms with Gasteiger partial charge in [-0.3, -0.25) is 4.79 Å². The van der Waals surface area contributed by atoms with Crippen molar-refractivity contribution in [1.29, 1.82) is 0 Å². The summed E-state index contributed by atoms with van der Waals surface area (Å²) < 4.78 is 31.0. The van der Waals surface area contributed by atoms with Crippen molar-refractivity contribution in [2.24, 2.45) is 11.3 Å². The fourth-order valence-corrected chi connectivity index (χ4v) is 7.16. The van der Waals surface area contributed by atoms with Crippen molar-refractivity contribution in [2.45, 2.75) is 26.1 Å². The molecule has 28 heavy (non-hydrogen) atoms. The van der Waals surface area contributed by atoms with E-state index < -0.39 is 35.6 Å². The summed E-state index contributed by atoms with van der Waals surface area (Å²) in [6.45, 7) is 5.67. The molecule has 2 unspecified atom stereocenters. The van der Waals surface area contributed by atoms with Gasteiger partial charge in [0.25, 0.3) is 9.04 Å². The van der Waals surface area contributed by atoms with Gasteiger partial charge in [0.05, 0.1) is 5.92 Å². The highest BCUT2D eigenvalue weighted by molar-refractivity contribution is 7.91. The Bertz CT molecular complexity index is 886. The van der Waals surface area contributed by atoms with Crippen LogP contribution >= 0.6 is 0 Å². The molecule has 0 aromatic heterocycles. The number of benzene rings is 2. The third kappa shape index (κ3) is 4.21. The summed E-state index contributed by atoms with van der Waals surface area (Å²) in [5, 5.41) is 1.26. The van der Waals surface area contributed by atoms with Crippen LogP contribution in [0.3, 0.4) is 0 Å². The minimum atomic E-state index is -3.42. The van der Waals surface area contributed by atoms with Crippen LogP contribution in [0.4, 0.5) is 0 Å². The number of rotatable bonds is 6. The molecule has 149 valence electrons. The van der Waals surface area contributed by atoms with Crippen LogP contribution in [0, 0.1) is 11.3 Å². The molecule has 2 aromatic carbocycles. The Balaban J connectivity index is 1.84. The molecule has 1 heterocycles. The first-order valence-electron chi connectivity index (χ1n) is 9.20. The highest BCUT2D eigenvalue weighted by Crippen LogP contribution is 2.42. The zero-order valence-electron chi connectivity index (χ0n) is 16.6. The van der Waals surface area contributed by atoms with Crippen molar-refractivity contribution >= 4 is 35.2 Å². The molecule has 1 fully saturated rings. The lowest BCUT2D eigenvalue weighted by atomic mass is 9.75. The summed E-state index contributed by atoms with van der Waals surface area (Å²) in [4.78, 5) is 14.1. The zero-order chi connectivity index (χ0) is 20.5. The first-order chi connectivity index (χ1) is 13.1. The number of nitrogens with zero attached hydrogens (tertiary/aromatic N) is 1. The van der Waals surface area contributed by atoms with Gasteiger partial charge in [-0.25, -0.2) is 8.42 Å². The zero-order valence-corrected chi connectivity index (χ0v) is 18.4. The van der Waals surface area contributed by atoms with Gasteiger partial charge in [-0.1, -0.05) is 81.4 Å². The van der Waals surface area contributed by atoms with Gasteiger partial charge in [0.2, 0.25) is 5.91 Å². The van der Waals surface area contributed by atoms with E-state index in [2.05, 4.69) is 0 Å². The van der Waals surface area contributed by atoms with Gasteiger partial charge in [-0.2, -0.15) is 0 Å². The Morgan fingerprint density at radius 2 is 1.43 bits per heavy atom. The summed E-state index contributed by atoms with van der Waals surface area (Å²) in [5.41, 5.74) is -0.423. The summed E-state index contributed by atoms with van der Waals surface area (Å²) in [6, 6.07) is 19.7. The van der Waals surface area contributed by atoms with Crippen molar-refractivity contribution in [2.75, 3.05) is 13.0 Å². The van der Waals surface area contributed by atoms with Crippen LogP contribution < -0.4 is 10.4 Å². The normalized spacial score (nSPS) is 20.3. The second kappa shape index (κ2) is 7.81. The Morgan fingerprint density at radius 1 is 0.964 bits per heavy atom. The monoisotopic (exact) mass is 416 g/mol. The molecule has 7 heteroatoms. The van der Waals surface area contributed by atoms with Gasteiger partial charge in [0.15, 0.2) is 9.84 Å². The van der Waals surface area contributed by atoms with Crippen LogP contribution in [0.15, 0.2) is 60.7 Å². The Labute approximate surface area is 169 Å². The number of carbonyl (C=O) groups excluding carboxylic acids is 1. The molecule has 5 nitrogen and oxygen atoms in total. The van der Waals surface area contributed by atoms with Crippen molar-refractivity contribution < 1.29 is 17.6 Å². The smallest absolute Gasteiger partial charge is 0.284 e. The minimum Gasteiger partial charge on any atom is -0.389 e. The average molecular weight is 417 g/mol. The molecular formula is C21H26NO4SSi. The van der Waals surface area contributed by atoms with Crippen molar-refractivity contribution in [3.63, 3.8) is 0 Å². The number of likely N-dealkylation sites (tertiary alicyclic amines) is 1. The first-order valence-corrected chi connectivity index (χ1v) is 12.6. The molecule has 2 atom stereocenters. The van der Waals surface area contributed by atoms with E-state index in [1.54, 1.807) is 0 Å². The number of sulfone groups is 1. The molecule has 0 aliphatic carbocycles. The van der Waals surface area contributed by atoms with Crippen LogP contribution in [0.5, 0.6) is 0 Å². The maximum atomic E-state index is 12.7. The Hall–Kier alpha value is -1.96. The van der Waals surface area contributed by atoms with Crippen LogP contribution in [0.1, 0.15) is 20.8 Å². The number of hydrogen-bond donors (Lipinski definition) is 0. The molecule has 0 bridgehead atoms. The molecule has 1 radical (unpaired) electrons. The van der Waals surface area contributed by atoms with E-state index in [1.165, 1.54) is 11.2 Å². The van der Waals surface area contributed by atoms with Gasteiger partial charge >= 0.3 is 0 Å². The Morgan fingerprint density at radius 3 is 1.82 bits per heavy atom. The van der Waals surface area contributed by atoms with Gasteiger partial charge in [-0.05, 0) is 15.8 Å². The molecule has 1 amide bonds. The number of hydrogen-bond acceptors (Lipinski definition) is 4. The van der Waals surface area contributed by atoms with Crippen LogP contribution in [-0.2, 0) is 19.1 Å². The highest BCUT2D eigenvalue weighted by atomic mass is 32.2. The molecule has 1 saturated heterocycles. The van der Waals surface area contributed by atoms with Crippen LogP contribution in [-0.4, -0.2) is 46.6 Å². The van der Waals surface area contributed by atoms with E-state index >= 15 is 0 Å². The predicted molar refractivity (Wildman–Crippen MR) is 112 cm³/mol. The second-order valence-corrected chi connectivity index (χ2v) is 12.5. The third-order valence-electron chi connectivity index (χ3n) is 4.93. The van der Waals surface area contributed by atoms with Gasteiger partial charge in [-0.15, -0.1) is 0 Å². The number of carbonyl (C=O) groups is 1. The first kappa shape index (κ1) is 20.8. The second-order valence-electron chi connectivity index (χ2n) is 8.21. The standard InChI is InChI=1S/C21H26NO4SSi/c1-21(2,3)18-19(23)22(20(18)27(4,24)25)15-26-28(16-11-7-5-8-12-16)17-13-9-6-10-14-17/h5-14,18,20H,15H2,1-4H3. The van der Waals surface area contributed by atoms with Crippen LogP contribution in [0.25, 0.3) is 0 Å². The molecule has 0 spiro atoms. The number of β-lactam (4-membered cyclic amide) rings is 1. The van der Waals surface area contributed by atoms with E-state index in [9.17, 15) is 13.2 Å². The van der Waals surface area contributed by atoms with Crippen molar-refractivity contribution in [3.8, 4) is 0 Å². The molecular weight excluding hydrogens is 390 g/mol. The third-order valence-corrected chi connectivity index (χ3v) is 8.47. The average Bonchev–Trinajstić information content (AvgIpc) is 2.62. The quantitative estimate of drug-likeness (QED) is 0.531. The fraction of sp³-hybridized carbons (Fsp3) is 0.381. The lowest BCUT2D eigenvalue weighted by Crippen LogP contribution is -2.68. The van der Waals surface area contributed by atoms with Crippen molar-refractivity contribution in [1.82, 2.24) is 4.90 Å². The lowest BCUT2D eigenvalue weighted by molar-refractivity contribution is -0.163. The minimum absolute atomic E-state index is 0.0266.